The minimum atomic E-state index is -0.599. The molecule has 0 aliphatic heterocycles. The summed E-state index contributed by atoms with van der Waals surface area (Å²) in [4.78, 5) is 0. The van der Waals surface area contributed by atoms with Crippen molar-refractivity contribution in [1.29, 1.82) is 0 Å². The molecule has 0 saturated carbocycles. The Labute approximate surface area is 112 Å². The van der Waals surface area contributed by atoms with Crippen molar-refractivity contribution < 1.29 is 8.78 Å². The summed E-state index contributed by atoms with van der Waals surface area (Å²) in [5, 5.41) is 0. The molecule has 0 radical (unpaired) electrons. The maximum atomic E-state index is 13.9. The summed E-state index contributed by atoms with van der Waals surface area (Å²) in [5.41, 5.74) is 9.82. The van der Waals surface area contributed by atoms with Gasteiger partial charge in [0.2, 0.25) is 0 Å². The fourth-order valence-corrected chi connectivity index (χ4v) is 2.39. The second-order valence-electron chi connectivity index (χ2n) is 4.91. The van der Waals surface area contributed by atoms with Crippen LogP contribution < -0.4 is 5.73 Å². The van der Waals surface area contributed by atoms with Gasteiger partial charge >= 0.3 is 0 Å². The molecule has 1 atom stereocenters. The van der Waals surface area contributed by atoms with Gasteiger partial charge in [-0.1, -0.05) is 18.2 Å². The van der Waals surface area contributed by atoms with Crippen molar-refractivity contribution in [3.8, 4) is 0 Å². The zero-order valence-corrected chi connectivity index (χ0v) is 11.3. The summed E-state index contributed by atoms with van der Waals surface area (Å²) < 4.78 is 27.2. The van der Waals surface area contributed by atoms with Gasteiger partial charge in [0.15, 0.2) is 0 Å². The number of aryl methyl sites for hydroxylation is 3. The van der Waals surface area contributed by atoms with Crippen molar-refractivity contribution in [2.45, 2.75) is 26.8 Å². The highest BCUT2D eigenvalue weighted by Gasteiger charge is 2.18. The summed E-state index contributed by atoms with van der Waals surface area (Å²) in [6, 6.07) is 7.62. The van der Waals surface area contributed by atoms with Gasteiger partial charge in [0.25, 0.3) is 0 Å². The van der Waals surface area contributed by atoms with Gasteiger partial charge in [0.05, 0.1) is 6.04 Å². The Bertz CT molecular complexity index is 600. The highest BCUT2D eigenvalue weighted by molar-refractivity contribution is 5.42. The zero-order valence-electron chi connectivity index (χ0n) is 11.3. The molecule has 0 aromatic heterocycles. The second kappa shape index (κ2) is 5.10. The van der Waals surface area contributed by atoms with Crippen LogP contribution in [-0.2, 0) is 0 Å². The van der Waals surface area contributed by atoms with Gasteiger partial charge in [-0.25, -0.2) is 8.78 Å². The molecule has 2 aromatic rings. The van der Waals surface area contributed by atoms with Gasteiger partial charge in [-0.15, -0.1) is 0 Å². The molecule has 2 rings (SSSR count). The predicted octanol–water partition coefficient (Wildman–Crippen LogP) is 3.94. The predicted molar refractivity (Wildman–Crippen MR) is 73.0 cm³/mol. The summed E-state index contributed by atoms with van der Waals surface area (Å²) in [6.45, 7) is 5.49. The molecule has 0 fully saturated rings. The standard InChI is InChI=1S/C16H17F2N/c1-9-5-4-6-10(2)15(9)16(19)12-7-11(3)13(17)8-14(12)18/h4-8,16H,19H2,1-3H3. The minimum absolute atomic E-state index is 0.330. The number of hydrogen-bond acceptors (Lipinski definition) is 1. The second-order valence-corrected chi connectivity index (χ2v) is 4.91. The molecule has 1 unspecified atom stereocenters. The molecule has 1 nitrogen and oxygen atoms in total. The van der Waals surface area contributed by atoms with Crippen LogP contribution in [0.25, 0.3) is 0 Å². The number of rotatable bonds is 2. The molecule has 100 valence electrons. The smallest absolute Gasteiger partial charge is 0.131 e. The van der Waals surface area contributed by atoms with Crippen molar-refractivity contribution in [1.82, 2.24) is 0 Å². The van der Waals surface area contributed by atoms with Gasteiger partial charge in [-0.2, -0.15) is 0 Å². The molecule has 0 heterocycles. The van der Waals surface area contributed by atoms with E-state index in [9.17, 15) is 8.78 Å². The SMILES string of the molecule is Cc1cc(C(N)c2c(C)cccc2C)c(F)cc1F. The summed E-state index contributed by atoms with van der Waals surface area (Å²) in [7, 11) is 0. The summed E-state index contributed by atoms with van der Waals surface area (Å²) >= 11 is 0. The lowest BCUT2D eigenvalue weighted by Crippen LogP contribution is -2.17. The van der Waals surface area contributed by atoms with Crippen molar-refractivity contribution in [2.75, 3.05) is 0 Å². The van der Waals surface area contributed by atoms with Crippen LogP contribution in [0.1, 0.15) is 33.9 Å². The molecule has 0 aliphatic rings. The highest BCUT2D eigenvalue weighted by Crippen LogP contribution is 2.28. The molecule has 2 aromatic carbocycles. The Hall–Kier alpha value is -1.74. The van der Waals surface area contributed by atoms with E-state index < -0.39 is 17.7 Å². The maximum absolute atomic E-state index is 13.9. The minimum Gasteiger partial charge on any atom is -0.320 e. The van der Waals surface area contributed by atoms with Crippen LogP contribution in [0.4, 0.5) is 8.78 Å². The number of halogens is 2. The molecule has 19 heavy (non-hydrogen) atoms. The van der Waals surface area contributed by atoms with Crippen molar-refractivity contribution in [3.05, 3.63) is 69.8 Å². The molecule has 0 bridgehead atoms. The Kier molecular flexibility index (Phi) is 3.67. The van der Waals surface area contributed by atoms with Crippen LogP contribution in [0.15, 0.2) is 30.3 Å². The molecule has 3 heteroatoms. The summed E-state index contributed by atoms with van der Waals surface area (Å²) in [5.74, 6) is -1.15. The first kappa shape index (κ1) is 13.7. The van der Waals surface area contributed by atoms with E-state index in [1.54, 1.807) is 6.92 Å². The lowest BCUT2D eigenvalue weighted by molar-refractivity contribution is 0.560. The van der Waals surface area contributed by atoms with E-state index in [-0.39, 0.29) is 0 Å². The first-order valence-electron chi connectivity index (χ1n) is 6.19. The Balaban J connectivity index is 2.56. The van der Waals surface area contributed by atoms with Crippen molar-refractivity contribution in [2.24, 2.45) is 5.73 Å². The van der Waals surface area contributed by atoms with Gasteiger partial charge in [-0.05, 0) is 49.1 Å². The van der Waals surface area contributed by atoms with E-state index >= 15 is 0 Å². The lowest BCUT2D eigenvalue weighted by atomic mass is 9.91. The van der Waals surface area contributed by atoms with Crippen molar-refractivity contribution >= 4 is 0 Å². The lowest BCUT2D eigenvalue weighted by Gasteiger charge is -2.19. The maximum Gasteiger partial charge on any atom is 0.131 e. The van der Waals surface area contributed by atoms with E-state index in [1.165, 1.54) is 6.07 Å². The van der Waals surface area contributed by atoms with E-state index in [4.69, 9.17) is 5.73 Å². The monoisotopic (exact) mass is 261 g/mol. The molecule has 0 saturated heterocycles. The zero-order chi connectivity index (χ0) is 14.2. The van der Waals surface area contributed by atoms with Crippen LogP contribution in [0, 0.1) is 32.4 Å². The van der Waals surface area contributed by atoms with Gasteiger partial charge in [0, 0.05) is 11.6 Å². The van der Waals surface area contributed by atoms with Gasteiger partial charge in [-0.3, -0.25) is 0 Å². The highest BCUT2D eigenvalue weighted by atomic mass is 19.1. The van der Waals surface area contributed by atoms with Gasteiger partial charge in [0.1, 0.15) is 11.6 Å². The third kappa shape index (κ3) is 2.51. The van der Waals surface area contributed by atoms with Crippen LogP contribution in [-0.4, -0.2) is 0 Å². The van der Waals surface area contributed by atoms with Crippen molar-refractivity contribution in [3.63, 3.8) is 0 Å². The fraction of sp³-hybridized carbons (Fsp3) is 0.250. The van der Waals surface area contributed by atoms with Crippen LogP contribution >= 0.6 is 0 Å². The third-order valence-corrected chi connectivity index (χ3v) is 3.47. The average molecular weight is 261 g/mol. The molecular weight excluding hydrogens is 244 g/mol. The Morgan fingerprint density at radius 1 is 0.895 bits per heavy atom. The first-order chi connectivity index (χ1) is 8.91. The van der Waals surface area contributed by atoms with E-state index in [2.05, 4.69) is 0 Å². The van der Waals surface area contributed by atoms with Crippen LogP contribution in [0.3, 0.4) is 0 Å². The van der Waals surface area contributed by atoms with Crippen LogP contribution in [0.5, 0.6) is 0 Å². The number of benzene rings is 2. The topological polar surface area (TPSA) is 26.0 Å². The first-order valence-corrected chi connectivity index (χ1v) is 6.19. The Morgan fingerprint density at radius 2 is 1.47 bits per heavy atom. The molecule has 2 N–H and O–H groups in total. The molecule has 0 aliphatic carbocycles. The number of hydrogen-bond donors (Lipinski definition) is 1. The van der Waals surface area contributed by atoms with Gasteiger partial charge < -0.3 is 5.73 Å². The van der Waals surface area contributed by atoms with Crippen LogP contribution in [0.2, 0.25) is 0 Å². The quantitative estimate of drug-likeness (QED) is 0.870. The van der Waals surface area contributed by atoms with E-state index in [0.29, 0.717) is 11.1 Å². The normalized spacial score (nSPS) is 12.5. The van der Waals surface area contributed by atoms with E-state index in [1.807, 2.05) is 32.0 Å². The molecular formula is C16H17F2N. The third-order valence-electron chi connectivity index (χ3n) is 3.47. The Morgan fingerprint density at radius 3 is 2.05 bits per heavy atom. The average Bonchev–Trinajstić information content (AvgIpc) is 2.33. The summed E-state index contributed by atoms with van der Waals surface area (Å²) in [6.07, 6.45) is 0. The number of nitrogens with two attached hydrogens (primary N) is 1. The fourth-order valence-electron chi connectivity index (χ4n) is 2.39. The largest absolute Gasteiger partial charge is 0.320 e. The molecule has 0 spiro atoms. The molecule has 0 amide bonds. The van der Waals surface area contributed by atoms with E-state index in [0.717, 1.165) is 22.8 Å².